The van der Waals surface area contributed by atoms with Gasteiger partial charge in [-0.3, -0.25) is 0 Å². The minimum absolute atomic E-state index is 0.0102. The van der Waals surface area contributed by atoms with Crippen LogP contribution >= 0.6 is 0 Å². The third-order valence-corrected chi connectivity index (χ3v) is 3.67. The van der Waals surface area contributed by atoms with Gasteiger partial charge in [-0.15, -0.1) is 0 Å². The van der Waals surface area contributed by atoms with Crippen LogP contribution in [0, 0.1) is 0 Å². The molecule has 172 valence electrons. The van der Waals surface area contributed by atoms with Gasteiger partial charge in [0.2, 0.25) is 11.9 Å². The lowest BCUT2D eigenvalue weighted by Crippen LogP contribution is -2.39. The van der Waals surface area contributed by atoms with Crippen molar-refractivity contribution in [2.24, 2.45) is 0 Å². The fourth-order valence-corrected chi connectivity index (χ4v) is 1.96. The Balaban J connectivity index is 3.43. The molecule has 0 aromatic rings. The van der Waals surface area contributed by atoms with E-state index in [1.54, 1.807) is 0 Å². The quantitative estimate of drug-likeness (QED) is 0.278. The lowest BCUT2D eigenvalue weighted by molar-refractivity contribution is -0.168. The Hall–Kier alpha value is -3.95. The van der Waals surface area contributed by atoms with Gasteiger partial charge in [-0.1, -0.05) is 26.3 Å². The first kappa shape index (κ1) is 26.1. The Morgan fingerprint density at radius 1 is 0.812 bits per heavy atom. The molecule has 1 heterocycles. The first-order chi connectivity index (χ1) is 14.8. The van der Waals surface area contributed by atoms with Gasteiger partial charge in [0.25, 0.3) is 5.76 Å². The van der Waals surface area contributed by atoms with Gasteiger partial charge in [-0.2, -0.15) is 0 Å². The highest BCUT2D eigenvalue weighted by molar-refractivity contribution is 5.97. The number of esters is 5. The van der Waals surface area contributed by atoms with Crippen molar-refractivity contribution >= 4 is 29.8 Å². The van der Waals surface area contributed by atoms with Gasteiger partial charge in [0, 0.05) is 22.3 Å². The summed E-state index contributed by atoms with van der Waals surface area (Å²) in [6, 6.07) is 0. The summed E-state index contributed by atoms with van der Waals surface area (Å²) < 4.78 is 25.5. The summed E-state index contributed by atoms with van der Waals surface area (Å²) in [7, 11) is 0. The molecule has 32 heavy (non-hydrogen) atoms. The van der Waals surface area contributed by atoms with E-state index in [2.05, 4.69) is 26.3 Å². The maximum absolute atomic E-state index is 12.4. The van der Waals surface area contributed by atoms with Crippen LogP contribution in [0.15, 0.2) is 60.1 Å². The van der Waals surface area contributed by atoms with Crippen LogP contribution in [0.4, 0.5) is 0 Å². The molecule has 0 aromatic carbocycles. The van der Waals surface area contributed by atoms with Crippen molar-refractivity contribution in [3.8, 4) is 0 Å². The summed E-state index contributed by atoms with van der Waals surface area (Å²) in [4.78, 5) is 60.4. The Kier molecular flexibility index (Phi) is 8.88. The lowest BCUT2D eigenvalue weighted by atomic mass is 10.1. The molecule has 0 aliphatic carbocycles. The van der Waals surface area contributed by atoms with Crippen molar-refractivity contribution in [1.82, 2.24) is 0 Å². The Morgan fingerprint density at radius 2 is 1.28 bits per heavy atom. The van der Waals surface area contributed by atoms with E-state index >= 15 is 0 Å². The van der Waals surface area contributed by atoms with Gasteiger partial charge in [0.1, 0.15) is 6.61 Å². The summed E-state index contributed by atoms with van der Waals surface area (Å²) in [6.07, 6.45) is -3.08. The van der Waals surface area contributed by atoms with Crippen molar-refractivity contribution in [1.29, 1.82) is 0 Å². The highest BCUT2D eigenvalue weighted by Crippen LogP contribution is 2.30. The number of rotatable bonds is 10. The second-order valence-electron chi connectivity index (χ2n) is 6.96. The van der Waals surface area contributed by atoms with Crippen LogP contribution in [0.2, 0.25) is 0 Å². The Morgan fingerprint density at radius 3 is 1.75 bits per heavy atom. The standard InChI is InChI=1S/C22H24O10/c1-10(2)18(23)28-9-14(29-19(24)11(3)4)15-16(31-20(25)12(5)6)17(22(27)30-15)32-21(26)13(7)8/h14-15H,1,3,5,7,9H2,2,4,6,8H3. The molecule has 0 saturated carbocycles. The molecule has 0 radical (unpaired) electrons. The summed E-state index contributed by atoms with van der Waals surface area (Å²) in [5.41, 5.74) is -0.0618. The molecule has 0 aromatic heterocycles. The van der Waals surface area contributed by atoms with E-state index in [0.29, 0.717) is 0 Å². The summed E-state index contributed by atoms with van der Waals surface area (Å²) in [5.74, 6) is -6.19. The summed E-state index contributed by atoms with van der Waals surface area (Å²) in [6.45, 7) is 18.5. The minimum atomic E-state index is -1.60. The molecule has 0 bridgehead atoms. The molecule has 2 atom stereocenters. The molecule has 2 unspecified atom stereocenters. The van der Waals surface area contributed by atoms with E-state index in [1.165, 1.54) is 27.7 Å². The van der Waals surface area contributed by atoms with E-state index in [0.717, 1.165) is 0 Å². The molecule has 10 heteroatoms. The average molecular weight is 448 g/mol. The van der Waals surface area contributed by atoms with Crippen molar-refractivity contribution in [3.05, 3.63) is 60.1 Å². The second-order valence-corrected chi connectivity index (χ2v) is 6.96. The van der Waals surface area contributed by atoms with E-state index in [-0.39, 0.29) is 22.3 Å². The van der Waals surface area contributed by atoms with Crippen LogP contribution in [-0.4, -0.2) is 48.7 Å². The first-order valence-electron chi connectivity index (χ1n) is 9.15. The molecule has 0 fully saturated rings. The van der Waals surface area contributed by atoms with Crippen LogP contribution in [0.25, 0.3) is 0 Å². The first-order valence-corrected chi connectivity index (χ1v) is 9.15. The number of carbonyl (C=O) groups excluding carboxylic acids is 5. The number of hydrogen-bond donors (Lipinski definition) is 0. The lowest BCUT2D eigenvalue weighted by Gasteiger charge is -2.24. The monoisotopic (exact) mass is 448 g/mol. The van der Waals surface area contributed by atoms with Crippen molar-refractivity contribution in [2.75, 3.05) is 6.61 Å². The maximum atomic E-state index is 12.4. The van der Waals surface area contributed by atoms with Crippen LogP contribution in [0.1, 0.15) is 27.7 Å². The summed E-state index contributed by atoms with van der Waals surface area (Å²) >= 11 is 0. The average Bonchev–Trinajstić information content (AvgIpc) is 2.99. The fraction of sp³-hybridized carbons (Fsp3) is 0.318. The van der Waals surface area contributed by atoms with E-state index in [1.807, 2.05) is 0 Å². The maximum Gasteiger partial charge on any atom is 0.379 e. The molecule has 1 aliphatic rings. The predicted molar refractivity (Wildman–Crippen MR) is 109 cm³/mol. The minimum Gasteiger partial charge on any atom is -0.458 e. The number of ether oxygens (including phenoxy) is 5. The molecule has 1 rings (SSSR count). The van der Waals surface area contributed by atoms with Gasteiger partial charge in [0.15, 0.2) is 6.10 Å². The zero-order valence-corrected chi connectivity index (χ0v) is 18.3. The predicted octanol–water partition coefficient (Wildman–Crippen LogP) is 1.97. The Bertz CT molecular complexity index is 950. The zero-order valence-electron chi connectivity index (χ0n) is 18.3. The van der Waals surface area contributed by atoms with Crippen molar-refractivity contribution in [3.63, 3.8) is 0 Å². The van der Waals surface area contributed by atoms with Gasteiger partial charge >= 0.3 is 29.8 Å². The van der Waals surface area contributed by atoms with E-state index in [4.69, 9.17) is 23.7 Å². The second kappa shape index (κ2) is 10.9. The number of hydrogen-bond acceptors (Lipinski definition) is 10. The SMILES string of the molecule is C=C(C)C(=O)OCC(OC(=O)C(=C)C)C1OC(=O)C(OC(=O)C(=C)C)=C1OC(=O)C(=C)C. The smallest absolute Gasteiger partial charge is 0.379 e. The fourth-order valence-electron chi connectivity index (χ4n) is 1.96. The highest BCUT2D eigenvalue weighted by atomic mass is 16.7. The van der Waals surface area contributed by atoms with Gasteiger partial charge < -0.3 is 23.7 Å². The molecule has 10 nitrogen and oxygen atoms in total. The molecule has 1 aliphatic heterocycles. The van der Waals surface area contributed by atoms with Crippen LogP contribution in [0.3, 0.4) is 0 Å². The third-order valence-electron chi connectivity index (χ3n) is 3.67. The van der Waals surface area contributed by atoms with Crippen molar-refractivity contribution < 1.29 is 47.7 Å². The third kappa shape index (κ3) is 6.79. The largest absolute Gasteiger partial charge is 0.458 e. The number of carbonyl (C=O) groups is 5. The molecular weight excluding hydrogens is 424 g/mol. The van der Waals surface area contributed by atoms with Crippen LogP contribution in [-0.2, 0) is 47.7 Å². The topological polar surface area (TPSA) is 132 Å². The van der Waals surface area contributed by atoms with Gasteiger partial charge in [-0.25, -0.2) is 24.0 Å². The highest BCUT2D eigenvalue weighted by Gasteiger charge is 2.46. The van der Waals surface area contributed by atoms with Crippen LogP contribution in [0.5, 0.6) is 0 Å². The molecule has 0 spiro atoms. The normalized spacial score (nSPS) is 15.8. The summed E-state index contributed by atoms with van der Waals surface area (Å²) in [5, 5.41) is 0. The van der Waals surface area contributed by atoms with Gasteiger partial charge in [0.05, 0.1) is 0 Å². The number of cyclic esters (lactones) is 1. The molecule has 0 saturated heterocycles. The Labute approximate surface area is 184 Å². The zero-order chi connectivity index (χ0) is 24.7. The molecule has 0 amide bonds. The van der Waals surface area contributed by atoms with E-state index in [9.17, 15) is 24.0 Å². The van der Waals surface area contributed by atoms with Crippen molar-refractivity contribution in [2.45, 2.75) is 39.9 Å². The molecular formula is C22H24O10. The molecule has 0 N–H and O–H groups in total. The van der Waals surface area contributed by atoms with E-state index < -0.39 is 60.2 Å². The van der Waals surface area contributed by atoms with Gasteiger partial charge in [-0.05, 0) is 27.7 Å². The van der Waals surface area contributed by atoms with Crippen LogP contribution < -0.4 is 0 Å².